The Morgan fingerprint density at radius 3 is 2.81 bits per heavy atom. The second-order valence-electron chi connectivity index (χ2n) is 5.92. The highest BCUT2D eigenvalue weighted by Gasteiger charge is 2.48. The molecule has 26 heavy (non-hydrogen) atoms. The van der Waals surface area contributed by atoms with Crippen molar-refractivity contribution in [2.24, 2.45) is 5.92 Å². The fourth-order valence-electron chi connectivity index (χ4n) is 2.77. The number of hydrogen-bond acceptors (Lipinski definition) is 5. The van der Waals surface area contributed by atoms with Crippen molar-refractivity contribution in [1.82, 2.24) is 20.2 Å². The van der Waals surface area contributed by atoms with E-state index in [4.69, 9.17) is 0 Å². The quantitative estimate of drug-likeness (QED) is 0.700. The van der Waals surface area contributed by atoms with Crippen LogP contribution in [0.2, 0.25) is 0 Å². The normalized spacial score (nSPS) is 19.2. The number of alkyl halides is 3. The van der Waals surface area contributed by atoms with E-state index in [-0.39, 0.29) is 25.8 Å². The topological polar surface area (TPSA) is 104 Å². The lowest BCUT2D eigenvalue weighted by atomic mass is 9.96. The number of imidazole rings is 1. The molecular formula is C15H19F3N4O4. The summed E-state index contributed by atoms with van der Waals surface area (Å²) >= 11 is 0. The molecule has 1 aromatic heterocycles. The summed E-state index contributed by atoms with van der Waals surface area (Å²) < 4.78 is 43.2. The molecule has 8 nitrogen and oxygen atoms in total. The lowest BCUT2D eigenvalue weighted by Crippen LogP contribution is -2.52. The van der Waals surface area contributed by atoms with E-state index in [2.05, 4.69) is 20.0 Å². The second kappa shape index (κ2) is 8.19. The number of nitrogens with zero attached hydrogens (tertiary/aromatic N) is 2. The van der Waals surface area contributed by atoms with Crippen LogP contribution in [0.1, 0.15) is 18.5 Å². The SMILES string of the molecule is COC(=O)[C@H](Cc1cnc[nH]1)NC(=O)CN1CCCC(C(F)(F)F)C1=O. The van der Waals surface area contributed by atoms with Gasteiger partial charge in [-0.1, -0.05) is 0 Å². The molecule has 2 N–H and O–H groups in total. The molecule has 2 heterocycles. The zero-order valence-corrected chi connectivity index (χ0v) is 14.0. The Kier molecular flexibility index (Phi) is 6.22. The average Bonchev–Trinajstić information content (AvgIpc) is 3.07. The van der Waals surface area contributed by atoms with Gasteiger partial charge in [0.25, 0.3) is 0 Å². The van der Waals surface area contributed by atoms with E-state index < -0.39 is 42.5 Å². The molecule has 0 spiro atoms. The van der Waals surface area contributed by atoms with Crippen LogP contribution in [0.5, 0.6) is 0 Å². The van der Waals surface area contributed by atoms with Crippen LogP contribution in [-0.2, 0) is 25.5 Å². The number of nitrogens with one attached hydrogen (secondary N) is 2. The minimum atomic E-state index is -4.64. The molecular weight excluding hydrogens is 357 g/mol. The molecule has 2 atom stereocenters. The summed E-state index contributed by atoms with van der Waals surface area (Å²) in [5.74, 6) is -4.67. The summed E-state index contributed by atoms with van der Waals surface area (Å²) in [6, 6.07) is -1.05. The zero-order valence-electron chi connectivity index (χ0n) is 14.0. The molecule has 1 unspecified atom stereocenters. The Morgan fingerprint density at radius 1 is 1.50 bits per heavy atom. The molecule has 0 aliphatic carbocycles. The van der Waals surface area contributed by atoms with Gasteiger partial charge >= 0.3 is 12.1 Å². The first kappa shape index (κ1) is 19.7. The number of amides is 2. The van der Waals surface area contributed by atoms with E-state index in [1.807, 2.05) is 0 Å². The number of aromatic amines is 1. The molecule has 11 heteroatoms. The number of likely N-dealkylation sites (tertiary alicyclic amines) is 1. The van der Waals surface area contributed by atoms with Gasteiger partial charge in [-0.15, -0.1) is 0 Å². The lowest BCUT2D eigenvalue weighted by Gasteiger charge is -2.33. The lowest BCUT2D eigenvalue weighted by molar-refractivity contribution is -0.195. The predicted octanol–water partition coefficient (Wildman–Crippen LogP) is 0.411. The van der Waals surface area contributed by atoms with Gasteiger partial charge in [-0.05, 0) is 12.8 Å². The minimum absolute atomic E-state index is 0.0578. The summed E-state index contributed by atoms with van der Waals surface area (Å²) in [6.07, 6.45) is -1.85. The third-order valence-corrected chi connectivity index (χ3v) is 4.06. The number of ether oxygens (including phenoxy) is 1. The van der Waals surface area contributed by atoms with Gasteiger partial charge in [0.05, 0.1) is 20.0 Å². The van der Waals surface area contributed by atoms with Crippen molar-refractivity contribution in [1.29, 1.82) is 0 Å². The molecule has 1 aliphatic heterocycles. The average molecular weight is 376 g/mol. The van der Waals surface area contributed by atoms with Crippen LogP contribution in [-0.4, -0.2) is 65.1 Å². The number of esters is 1. The summed E-state index contributed by atoms with van der Waals surface area (Å²) in [5.41, 5.74) is 0.562. The number of halogens is 3. The number of hydrogen-bond donors (Lipinski definition) is 2. The van der Waals surface area contributed by atoms with Crippen LogP contribution >= 0.6 is 0 Å². The molecule has 1 aliphatic rings. The van der Waals surface area contributed by atoms with Crippen molar-refractivity contribution in [3.8, 4) is 0 Å². The predicted molar refractivity (Wildman–Crippen MR) is 81.6 cm³/mol. The smallest absolute Gasteiger partial charge is 0.400 e. The Balaban J connectivity index is 1.98. The molecule has 1 aromatic rings. The monoisotopic (exact) mass is 376 g/mol. The highest BCUT2D eigenvalue weighted by Crippen LogP contribution is 2.33. The van der Waals surface area contributed by atoms with Crippen molar-refractivity contribution in [3.63, 3.8) is 0 Å². The highest BCUT2D eigenvalue weighted by molar-refractivity contribution is 5.89. The van der Waals surface area contributed by atoms with Crippen LogP contribution in [0.3, 0.4) is 0 Å². The first-order chi connectivity index (χ1) is 12.2. The van der Waals surface area contributed by atoms with E-state index in [1.165, 1.54) is 12.5 Å². The Bertz CT molecular complexity index is 648. The molecule has 1 saturated heterocycles. The first-order valence-electron chi connectivity index (χ1n) is 7.92. The maximum Gasteiger partial charge on any atom is 0.400 e. The molecule has 2 rings (SSSR count). The Hall–Kier alpha value is -2.59. The number of rotatable bonds is 6. The number of methoxy groups -OCH3 is 1. The second-order valence-corrected chi connectivity index (χ2v) is 5.92. The van der Waals surface area contributed by atoms with Gasteiger partial charge in [0.2, 0.25) is 11.8 Å². The number of H-pyrrole nitrogens is 1. The van der Waals surface area contributed by atoms with E-state index in [0.717, 1.165) is 12.0 Å². The molecule has 2 amide bonds. The molecule has 0 bridgehead atoms. The van der Waals surface area contributed by atoms with Crippen LogP contribution in [0.15, 0.2) is 12.5 Å². The maximum absolute atomic E-state index is 12.9. The van der Waals surface area contributed by atoms with E-state index in [9.17, 15) is 27.6 Å². The van der Waals surface area contributed by atoms with Gasteiger partial charge in [0.15, 0.2) is 0 Å². The summed E-state index contributed by atoms with van der Waals surface area (Å²) in [6.45, 7) is -0.496. The molecule has 0 radical (unpaired) electrons. The van der Waals surface area contributed by atoms with Crippen molar-refractivity contribution >= 4 is 17.8 Å². The number of piperidine rings is 1. The standard InChI is InChI=1S/C15H19F3N4O4/c1-26-14(25)11(5-9-6-19-8-20-9)21-12(23)7-22-4-2-3-10(13(22)24)15(16,17)18/h6,8,10-11H,2-5,7H2,1H3,(H,19,20)(H,21,23)/t10?,11-/m0/s1. The van der Waals surface area contributed by atoms with Crippen molar-refractivity contribution in [2.75, 3.05) is 20.2 Å². The number of aromatic nitrogens is 2. The fraction of sp³-hybridized carbons (Fsp3) is 0.600. The first-order valence-corrected chi connectivity index (χ1v) is 7.92. The fourth-order valence-corrected chi connectivity index (χ4v) is 2.77. The van der Waals surface area contributed by atoms with Crippen LogP contribution in [0, 0.1) is 5.92 Å². The Morgan fingerprint density at radius 2 is 2.23 bits per heavy atom. The van der Waals surface area contributed by atoms with Crippen molar-refractivity contribution < 1.29 is 32.3 Å². The van der Waals surface area contributed by atoms with E-state index in [1.54, 1.807) is 0 Å². The Labute approximate surface area is 147 Å². The highest BCUT2D eigenvalue weighted by atomic mass is 19.4. The summed E-state index contributed by atoms with van der Waals surface area (Å²) in [7, 11) is 1.15. The van der Waals surface area contributed by atoms with Gasteiger partial charge in [-0.3, -0.25) is 9.59 Å². The molecule has 0 aromatic carbocycles. The summed E-state index contributed by atoms with van der Waals surface area (Å²) in [4.78, 5) is 43.4. The van der Waals surface area contributed by atoms with Crippen molar-refractivity contribution in [2.45, 2.75) is 31.5 Å². The maximum atomic E-state index is 12.9. The van der Waals surface area contributed by atoms with Gasteiger partial charge in [-0.2, -0.15) is 13.2 Å². The summed E-state index contributed by atoms with van der Waals surface area (Å²) in [5, 5.41) is 2.39. The van der Waals surface area contributed by atoms with E-state index >= 15 is 0 Å². The third kappa shape index (κ3) is 4.96. The zero-order chi connectivity index (χ0) is 19.3. The molecule has 144 valence electrons. The van der Waals surface area contributed by atoms with E-state index in [0.29, 0.717) is 5.69 Å². The van der Waals surface area contributed by atoms with Crippen molar-refractivity contribution in [3.05, 3.63) is 18.2 Å². The number of carbonyl (C=O) groups excluding carboxylic acids is 3. The van der Waals surface area contributed by atoms with Gasteiger partial charge < -0.3 is 19.9 Å². The van der Waals surface area contributed by atoms with Crippen LogP contribution in [0.25, 0.3) is 0 Å². The molecule has 0 saturated carbocycles. The van der Waals surface area contributed by atoms with Gasteiger partial charge in [0, 0.05) is 24.9 Å². The molecule has 1 fully saturated rings. The van der Waals surface area contributed by atoms with Crippen LogP contribution < -0.4 is 5.32 Å². The number of carbonyl (C=O) groups is 3. The largest absolute Gasteiger partial charge is 0.467 e. The van der Waals surface area contributed by atoms with Gasteiger partial charge in [0.1, 0.15) is 12.0 Å². The van der Waals surface area contributed by atoms with Gasteiger partial charge in [-0.25, -0.2) is 9.78 Å². The third-order valence-electron chi connectivity index (χ3n) is 4.06. The van der Waals surface area contributed by atoms with Crippen LogP contribution in [0.4, 0.5) is 13.2 Å². The minimum Gasteiger partial charge on any atom is -0.467 e.